The third-order valence-corrected chi connectivity index (χ3v) is 4.30. The molecule has 1 rings (SSSR count). The van der Waals surface area contributed by atoms with E-state index in [9.17, 15) is 4.21 Å². The maximum absolute atomic E-state index is 12.2. The maximum atomic E-state index is 12.2. The lowest BCUT2D eigenvalue weighted by atomic mass is 10.2. The van der Waals surface area contributed by atoms with Crippen molar-refractivity contribution in [2.24, 2.45) is 0 Å². The van der Waals surface area contributed by atoms with Gasteiger partial charge < -0.3 is 10.6 Å². The number of hydrogen-bond donors (Lipinski definition) is 1. The van der Waals surface area contributed by atoms with Crippen LogP contribution in [-0.2, 0) is 10.8 Å². The van der Waals surface area contributed by atoms with E-state index in [0.717, 1.165) is 30.1 Å². The summed E-state index contributed by atoms with van der Waals surface area (Å²) in [5, 5.41) is 0. The van der Waals surface area contributed by atoms with Crippen LogP contribution in [0.15, 0.2) is 23.1 Å². The molecule has 1 aromatic carbocycles. The fourth-order valence-corrected chi connectivity index (χ4v) is 2.99. The van der Waals surface area contributed by atoms with Gasteiger partial charge in [-0.1, -0.05) is 19.9 Å². The van der Waals surface area contributed by atoms with Gasteiger partial charge in [-0.25, -0.2) is 0 Å². The first-order chi connectivity index (χ1) is 8.08. The molecule has 96 valence electrons. The minimum atomic E-state index is -0.996. The van der Waals surface area contributed by atoms with Crippen molar-refractivity contribution in [3.05, 3.63) is 23.8 Å². The molecule has 0 saturated heterocycles. The number of nitrogens with zero attached hydrogens (tertiary/aromatic N) is 1. The molecule has 1 aromatic rings. The van der Waals surface area contributed by atoms with Gasteiger partial charge in [0.25, 0.3) is 0 Å². The van der Waals surface area contributed by atoms with Gasteiger partial charge in [0.2, 0.25) is 0 Å². The van der Waals surface area contributed by atoms with Crippen LogP contribution in [0.1, 0.15) is 19.4 Å². The first kappa shape index (κ1) is 14.2. The number of benzene rings is 1. The van der Waals surface area contributed by atoms with Gasteiger partial charge in [-0.2, -0.15) is 0 Å². The van der Waals surface area contributed by atoms with E-state index in [2.05, 4.69) is 18.7 Å². The topological polar surface area (TPSA) is 46.3 Å². The van der Waals surface area contributed by atoms with Gasteiger partial charge in [0, 0.05) is 18.0 Å². The standard InChI is InChI=1S/C13H22N2OS/c1-4-15(5-2)8-9-17(16)13-10-11(3)6-7-12(13)14/h6-7,10H,4-5,8-9,14H2,1-3H3. The maximum Gasteiger partial charge on any atom is 0.0620 e. The average Bonchev–Trinajstić information content (AvgIpc) is 2.33. The highest BCUT2D eigenvalue weighted by atomic mass is 32.2. The number of aryl methyl sites for hydroxylation is 1. The highest BCUT2D eigenvalue weighted by Gasteiger charge is 2.09. The van der Waals surface area contributed by atoms with E-state index in [1.807, 2.05) is 25.1 Å². The van der Waals surface area contributed by atoms with E-state index in [4.69, 9.17) is 5.73 Å². The Morgan fingerprint density at radius 1 is 1.29 bits per heavy atom. The summed E-state index contributed by atoms with van der Waals surface area (Å²) in [6, 6.07) is 5.70. The summed E-state index contributed by atoms with van der Waals surface area (Å²) < 4.78 is 12.2. The van der Waals surface area contributed by atoms with Crippen LogP contribution in [0, 0.1) is 6.92 Å². The molecule has 3 nitrogen and oxygen atoms in total. The van der Waals surface area contributed by atoms with E-state index in [0.29, 0.717) is 11.4 Å². The molecular weight excluding hydrogens is 232 g/mol. The summed E-state index contributed by atoms with van der Waals surface area (Å²) >= 11 is 0. The van der Waals surface area contributed by atoms with E-state index in [1.165, 1.54) is 0 Å². The second-order valence-corrected chi connectivity index (χ2v) is 5.66. The van der Waals surface area contributed by atoms with Crippen LogP contribution in [0.25, 0.3) is 0 Å². The zero-order valence-corrected chi connectivity index (χ0v) is 11.7. The largest absolute Gasteiger partial charge is 0.398 e. The van der Waals surface area contributed by atoms with Gasteiger partial charge in [-0.05, 0) is 37.7 Å². The lowest BCUT2D eigenvalue weighted by Crippen LogP contribution is -2.27. The quantitative estimate of drug-likeness (QED) is 0.790. The van der Waals surface area contributed by atoms with Crippen LogP contribution in [0.5, 0.6) is 0 Å². The first-order valence-corrected chi connectivity index (χ1v) is 7.37. The molecule has 0 spiro atoms. The number of rotatable bonds is 6. The smallest absolute Gasteiger partial charge is 0.0620 e. The van der Waals surface area contributed by atoms with Gasteiger partial charge in [-0.3, -0.25) is 4.21 Å². The van der Waals surface area contributed by atoms with Crippen molar-refractivity contribution in [1.29, 1.82) is 0 Å². The number of anilines is 1. The summed E-state index contributed by atoms with van der Waals surface area (Å²) in [4.78, 5) is 3.04. The molecule has 0 heterocycles. The molecule has 0 radical (unpaired) electrons. The summed E-state index contributed by atoms with van der Waals surface area (Å²) in [5.41, 5.74) is 7.59. The second kappa shape index (κ2) is 6.77. The minimum Gasteiger partial charge on any atom is -0.398 e. The lowest BCUT2D eigenvalue weighted by molar-refractivity contribution is 0.323. The van der Waals surface area contributed by atoms with Crippen molar-refractivity contribution in [2.45, 2.75) is 25.7 Å². The number of nitrogen functional groups attached to an aromatic ring is 1. The van der Waals surface area contributed by atoms with Crippen LogP contribution >= 0.6 is 0 Å². The van der Waals surface area contributed by atoms with E-state index in [1.54, 1.807) is 0 Å². The van der Waals surface area contributed by atoms with Crippen molar-refractivity contribution in [2.75, 3.05) is 31.1 Å². The average molecular weight is 254 g/mol. The Kier molecular flexibility index (Phi) is 5.65. The molecule has 0 bridgehead atoms. The van der Waals surface area contributed by atoms with Crippen LogP contribution in [0.3, 0.4) is 0 Å². The third-order valence-electron chi connectivity index (χ3n) is 2.90. The highest BCUT2D eigenvalue weighted by molar-refractivity contribution is 7.85. The number of nitrogens with two attached hydrogens (primary N) is 1. The Balaban J connectivity index is 2.66. The first-order valence-electron chi connectivity index (χ1n) is 6.05. The van der Waals surface area contributed by atoms with Gasteiger partial charge >= 0.3 is 0 Å². The number of hydrogen-bond acceptors (Lipinski definition) is 3. The fourth-order valence-electron chi connectivity index (χ4n) is 1.70. The van der Waals surface area contributed by atoms with Gasteiger partial charge in [0.1, 0.15) is 0 Å². The molecule has 0 amide bonds. The van der Waals surface area contributed by atoms with Crippen molar-refractivity contribution >= 4 is 16.5 Å². The molecule has 0 saturated carbocycles. The molecule has 17 heavy (non-hydrogen) atoms. The summed E-state index contributed by atoms with van der Waals surface area (Å²) in [6.45, 7) is 9.08. The van der Waals surface area contributed by atoms with Crippen LogP contribution in [0.4, 0.5) is 5.69 Å². The monoisotopic (exact) mass is 254 g/mol. The Morgan fingerprint density at radius 3 is 2.53 bits per heavy atom. The Labute approximate surface area is 106 Å². The molecule has 1 atom stereocenters. The zero-order chi connectivity index (χ0) is 12.8. The minimum absolute atomic E-state index is 0.633. The van der Waals surface area contributed by atoms with E-state index in [-0.39, 0.29) is 0 Å². The normalized spacial score (nSPS) is 12.9. The third kappa shape index (κ3) is 4.13. The molecule has 2 N–H and O–H groups in total. The predicted molar refractivity (Wildman–Crippen MR) is 74.7 cm³/mol. The molecule has 4 heteroatoms. The molecule has 0 aliphatic carbocycles. The molecular formula is C13H22N2OS. The lowest BCUT2D eigenvalue weighted by Gasteiger charge is -2.17. The predicted octanol–water partition coefficient (Wildman–Crippen LogP) is 2.03. The second-order valence-electron chi connectivity index (χ2n) is 4.12. The van der Waals surface area contributed by atoms with Gasteiger partial charge in [-0.15, -0.1) is 0 Å². The summed E-state index contributed by atoms with van der Waals surface area (Å²) in [7, 11) is -0.996. The summed E-state index contributed by atoms with van der Waals surface area (Å²) in [6.07, 6.45) is 0. The van der Waals surface area contributed by atoms with Crippen LogP contribution in [0.2, 0.25) is 0 Å². The van der Waals surface area contributed by atoms with Gasteiger partial charge in [0.05, 0.1) is 15.7 Å². The SMILES string of the molecule is CCN(CC)CCS(=O)c1cc(C)ccc1N. The zero-order valence-electron chi connectivity index (χ0n) is 10.9. The van der Waals surface area contributed by atoms with Crippen molar-refractivity contribution in [3.63, 3.8) is 0 Å². The highest BCUT2D eigenvalue weighted by Crippen LogP contribution is 2.18. The van der Waals surface area contributed by atoms with Crippen molar-refractivity contribution in [3.8, 4) is 0 Å². The molecule has 0 fully saturated rings. The Hall–Kier alpha value is -0.870. The van der Waals surface area contributed by atoms with Crippen LogP contribution in [-0.4, -0.2) is 34.5 Å². The van der Waals surface area contributed by atoms with Crippen LogP contribution < -0.4 is 5.73 Å². The molecule has 0 aliphatic heterocycles. The van der Waals surface area contributed by atoms with E-state index < -0.39 is 10.8 Å². The molecule has 0 aliphatic rings. The summed E-state index contributed by atoms with van der Waals surface area (Å²) in [5.74, 6) is 0.648. The van der Waals surface area contributed by atoms with E-state index >= 15 is 0 Å². The molecule has 0 aromatic heterocycles. The van der Waals surface area contributed by atoms with Crippen molar-refractivity contribution < 1.29 is 4.21 Å². The molecule has 1 unspecified atom stereocenters. The Morgan fingerprint density at radius 2 is 1.94 bits per heavy atom. The van der Waals surface area contributed by atoms with Crippen molar-refractivity contribution in [1.82, 2.24) is 4.90 Å². The Bertz CT molecular complexity index is 389. The van der Waals surface area contributed by atoms with Gasteiger partial charge in [0.15, 0.2) is 0 Å². The fraction of sp³-hybridized carbons (Fsp3) is 0.538.